The molecule has 1 aromatic heterocycles. The highest BCUT2D eigenvalue weighted by molar-refractivity contribution is 5.65. The van der Waals surface area contributed by atoms with Crippen LogP contribution in [0.15, 0.2) is 23.1 Å². The minimum absolute atomic E-state index is 0.0152. The zero-order valence-corrected chi connectivity index (χ0v) is 10.4. The van der Waals surface area contributed by atoms with Crippen LogP contribution < -0.4 is 11.4 Å². The Labute approximate surface area is 108 Å². The highest BCUT2D eigenvalue weighted by Gasteiger charge is 2.23. The minimum Gasteiger partial charge on any atom is -0.465 e. The van der Waals surface area contributed by atoms with Gasteiger partial charge in [0.05, 0.1) is 12.6 Å². The number of carbonyl (C=O) groups is 1. The number of allylic oxidation sites excluding steroid dienone is 1. The van der Waals surface area contributed by atoms with E-state index >= 15 is 0 Å². The molecule has 0 aromatic carbocycles. The van der Waals surface area contributed by atoms with Crippen LogP contribution in [0.5, 0.6) is 0 Å². The van der Waals surface area contributed by atoms with Crippen molar-refractivity contribution in [2.45, 2.75) is 19.4 Å². The molecule has 0 saturated carbocycles. The second-order valence-corrected chi connectivity index (χ2v) is 4.41. The summed E-state index contributed by atoms with van der Waals surface area (Å²) in [6.07, 6.45) is 5.22. The van der Waals surface area contributed by atoms with E-state index in [4.69, 9.17) is 10.5 Å². The van der Waals surface area contributed by atoms with Crippen LogP contribution in [0.4, 0.5) is 10.2 Å². The first kappa shape index (κ1) is 13.3. The summed E-state index contributed by atoms with van der Waals surface area (Å²) in [4.78, 5) is 25.8. The van der Waals surface area contributed by atoms with Crippen molar-refractivity contribution in [3.05, 3.63) is 34.7 Å². The van der Waals surface area contributed by atoms with Crippen LogP contribution >= 0.6 is 0 Å². The fraction of sp³-hybridized carbons (Fsp3) is 0.417. The van der Waals surface area contributed by atoms with Crippen molar-refractivity contribution in [2.24, 2.45) is 5.92 Å². The number of halogens is 1. The van der Waals surface area contributed by atoms with Crippen LogP contribution in [0, 0.1) is 11.7 Å². The number of hydrogen-bond donors (Lipinski definition) is 1. The summed E-state index contributed by atoms with van der Waals surface area (Å²) in [6, 6.07) is -0.296. The summed E-state index contributed by atoms with van der Waals surface area (Å²) in [7, 11) is 0. The Morgan fingerprint density at radius 2 is 2.37 bits per heavy atom. The number of aromatic nitrogens is 2. The lowest BCUT2D eigenvalue weighted by Gasteiger charge is -2.14. The van der Waals surface area contributed by atoms with E-state index in [-0.39, 0.29) is 24.5 Å². The van der Waals surface area contributed by atoms with Crippen LogP contribution in [-0.2, 0) is 9.53 Å². The molecule has 0 amide bonds. The normalized spacial score (nSPS) is 21.6. The Bertz CT molecular complexity index is 582. The van der Waals surface area contributed by atoms with Crippen molar-refractivity contribution < 1.29 is 13.9 Å². The number of rotatable bonds is 3. The van der Waals surface area contributed by atoms with Gasteiger partial charge in [0, 0.05) is 19.0 Å². The molecule has 0 fully saturated rings. The number of nitrogens with two attached hydrogens (primary N) is 1. The molecule has 0 unspecified atom stereocenters. The van der Waals surface area contributed by atoms with Gasteiger partial charge in [0.25, 0.3) is 0 Å². The van der Waals surface area contributed by atoms with Crippen molar-refractivity contribution in [1.29, 1.82) is 0 Å². The summed E-state index contributed by atoms with van der Waals surface area (Å²) in [5, 5.41) is 0. The largest absolute Gasteiger partial charge is 0.465 e. The fourth-order valence-corrected chi connectivity index (χ4v) is 2.00. The molecule has 102 valence electrons. The zero-order chi connectivity index (χ0) is 14.0. The highest BCUT2D eigenvalue weighted by Crippen LogP contribution is 2.27. The second-order valence-electron chi connectivity index (χ2n) is 4.41. The standard InChI is InChI=1S/C12H14FN3O3/c1-7(17)19-6-8-2-3-9(4-8)16-5-10(13)11(14)15-12(16)18/h2-3,5,8-9H,4,6H2,1H3,(H2,14,15,18)/t8-,9+/m1/s1. The number of nitrogen functional groups attached to an aromatic ring is 1. The van der Waals surface area contributed by atoms with Gasteiger partial charge >= 0.3 is 11.7 Å². The van der Waals surface area contributed by atoms with E-state index in [2.05, 4.69) is 4.98 Å². The number of carbonyl (C=O) groups excluding carboxylic acids is 1. The van der Waals surface area contributed by atoms with Gasteiger partial charge in [-0.05, 0) is 6.42 Å². The van der Waals surface area contributed by atoms with Crippen LogP contribution in [0.3, 0.4) is 0 Å². The van der Waals surface area contributed by atoms with Crippen LogP contribution in [0.2, 0.25) is 0 Å². The lowest BCUT2D eigenvalue weighted by Crippen LogP contribution is -2.27. The van der Waals surface area contributed by atoms with E-state index in [9.17, 15) is 14.0 Å². The Hall–Kier alpha value is -2.18. The topological polar surface area (TPSA) is 87.2 Å². The average molecular weight is 267 g/mol. The molecule has 7 heteroatoms. The first-order valence-corrected chi connectivity index (χ1v) is 5.83. The molecule has 1 aliphatic carbocycles. The maximum absolute atomic E-state index is 13.3. The number of anilines is 1. The maximum Gasteiger partial charge on any atom is 0.350 e. The molecule has 19 heavy (non-hydrogen) atoms. The van der Waals surface area contributed by atoms with E-state index < -0.39 is 17.3 Å². The molecule has 1 aliphatic rings. The number of esters is 1. The SMILES string of the molecule is CC(=O)OC[C@@H]1C=C[C@H](n2cc(F)c(N)nc2=O)C1. The second kappa shape index (κ2) is 5.21. The molecule has 0 aliphatic heterocycles. The predicted octanol–water partition coefficient (Wildman–Crippen LogP) is 0.645. The van der Waals surface area contributed by atoms with Crippen molar-refractivity contribution in [3.8, 4) is 0 Å². The molecule has 6 nitrogen and oxygen atoms in total. The van der Waals surface area contributed by atoms with Gasteiger partial charge in [-0.25, -0.2) is 9.18 Å². The Morgan fingerprint density at radius 1 is 1.63 bits per heavy atom. The van der Waals surface area contributed by atoms with E-state index in [0.29, 0.717) is 6.42 Å². The molecule has 1 heterocycles. The molecular weight excluding hydrogens is 253 g/mol. The Balaban J connectivity index is 2.10. The molecule has 0 bridgehead atoms. The molecule has 1 aromatic rings. The summed E-state index contributed by atoms with van der Waals surface area (Å²) >= 11 is 0. The fourth-order valence-electron chi connectivity index (χ4n) is 2.00. The number of nitrogens with zero attached hydrogens (tertiary/aromatic N) is 2. The molecule has 2 N–H and O–H groups in total. The molecule has 2 rings (SSSR count). The third-order valence-electron chi connectivity index (χ3n) is 2.94. The first-order chi connectivity index (χ1) is 8.97. The molecule has 2 atom stereocenters. The van der Waals surface area contributed by atoms with Crippen molar-refractivity contribution in [1.82, 2.24) is 9.55 Å². The molecule has 0 spiro atoms. The Kier molecular flexibility index (Phi) is 3.64. The summed E-state index contributed by atoms with van der Waals surface area (Å²) in [6.45, 7) is 1.59. The number of ether oxygens (including phenoxy) is 1. The van der Waals surface area contributed by atoms with Crippen molar-refractivity contribution in [2.75, 3.05) is 12.3 Å². The summed E-state index contributed by atoms with van der Waals surface area (Å²) in [5.74, 6) is -1.47. The summed E-state index contributed by atoms with van der Waals surface area (Å²) < 4.78 is 19.4. The lowest BCUT2D eigenvalue weighted by atomic mass is 10.1. The van der Waals surface area contributed by atoms with Gasteiger partial charge in [-0.1, -0.05) is 12.2 Å². The minimum atomic E-state index is -0.726. The summed E-state index contributed by atoms with van der Waals surface area (Å²) in [5.41, 5.74) is 4.63. The third-order valence-corrected chi connectivity index (χ3v) is 2.94. The number of hydrogen-bond acceptors (Lipinski definition) is 5. The van der Waals surface area contributed by atoms with Gasteiger partial charge in [-0.3, -0.25) is 9.36 Å². The smallest absolute Gasteiger partial charge is 0.350 e. The van der Waals surface area contributed by atoms with Crippen molar-refractivity contribution in [3.63, 3.8) is 0 Å². The maximum atomic E-state index is 13.3. The van der Waals surface area contributed by atoms with E-state index in [1.807, 2.05) is 6.08 Å². The van der Waals surface area contributed by atoms with Crippen LogP contribution in [0.25, 0.3) is 0 Å². The van der Waals surface area contributed by atoms with E-state index in [0.717, 1.165) is 6.20 Å². The van der Waals surface area contributed by atoms with Gasteiger partial charge in [0.1, 0.15) is 0 Å². The van der Waals surface area contributed by atoms with Crippen LogP contribution in [0.1, 0.15) is 19.4 Å². The van der Waals surface area contributed by atoms with E-state index in [1.54, 1.807) is 6.08 Å². The monoisotopic (exact) mass is 267 g/mol. The lowest BCUT2D eigenvalue weighted by molar-refractivity contribution is -0.141. The van der Waals surface area contributed by atoms with E-state index in [1.165, 1.54) is 11.5 Å². The van der Waals surface area contributed by atoms with Gasteiger partial charge in [0.2, 0.25) is 0 Å². The van der Waals surface area contributed by atoms with Gasteiger partial charge in [-0.15, -0.1) is 0 Å². The molecule has 0 radical (unpaired) electrons. The molecular formula is C12H14FN3O3. The van der Waals surface area contributed by atoms with Gasteiger partial charge in [-0.2, -0.15) is 4.98 Å². The van der Waals surface area contributed by atoms with Crippen LogP contribution in [-0.4, -0.2) is 22.1 Å². The van der Waals surface area contributed by atoms with Crippen molar-refractivity contribution >= 4 is 11.8 Å². The zero-order valence-electron chi connectivity index (χ0n) is 10.4. The Morgan fingerprint density at radius 3 is 3.05 bits per heavy atom. The highest BCUT2D eigenvalue weighted by atomic mass is 19.1. The van der Waals surface area contributed by atoms with Gasteiger partial charge < -0.3 is 10.5 Å². The average Bonchev–Trinajstić information content (AvgIpc) is 2.80. The first-order valence-electron chi connectivity index (χ1n) is 5.83. The predicted molar refractivity (Wildman–Crippen MR) is 65.8 cm³/mol. The quantitative estimate of drug-likeness (QED) is 0.641. The molecule has 0 saturated heterocycles. The van der Waals surface area contributed by atoms with Gasteiger partial charge in [0.15, 0.2) is 11.6 Å². The third kappa shape index (κ3) is 2.98.